The number of halogens is 2. The SMILES string of the molecule is Cl.Cl.c1cc2ccc3ccc([C@H](C4CCCCC4)N4CCNCC4)c4ccc(c1)c2c34. The molecule has 4 aromatic carbocycles. The molecule has 1 atom stereocenters. The zero-order valence-corrected chi connectivity index (χ0v) is 19.6. The molecule has 0 bridgehead atoms. The highest BCUT2D eigenvalue weighted by Gasteiger charge is 2.32. The van der Waals surface area contributed by atoms with Gasteiger partial charge in [0.15, 0.2) is 0 Å². The van der Waals surface area contributed by atoms with Gasteiger partial charge in [-0.25, -0.2) is 0 Å². The van der Waals surface area contributed by atoms with Crippen LogP contribution in [-0.2, 0) is 0 Å². The van der Waals surface area contributed by atoms with Gasteiger partial charge in [0.25, 0.3) is 0 Å². The third-order valence-corrected chi connectivity index (χ3v) is 7.52. The van der Waals surface area contributed by atoms with Crippen LogP contribution in [0.4, 0.5) is 0 Å². The third kappa shape index (κ3) is 3.89. The standard InChI is InChI=1S/C27H30N2.2ClH/c1-2-5-22(6-3-1)27(29-17-15-28-16-18-29)24-14-12-21-10-9-19-7-4-8-20-11-13-23(24)26(21)25(19)20;;/h4,7-14,22,27-28H,1-3,5-6,15-18H2;2*1H/t27-;;/m0../s1. The first-order chi connectivity index (χ1) is 14.4. The predicted octanol–water partition coefficient (Wildman–Crippen LogP) is 6.95. The van der Waals surface area contributed by atoms with E-state index in [-0.39, 0.29) is 24.8 Å². The van der Waals surface area contributed by atoms with E-state index in [1.807, 2.05) is 0 Å². The van der Waals surface area contributed by atoms with Gasteiger partial charge in [0, 0.05) is 32.2 Å². The van der Waals surface area contributed by atoms with E-state index in [4.69, 9.17) is 0 Å². The smallest absolute Gasteiger partial charge is 0.0383 e. The average molecular weight is 455 g/mol. The Hall–Kier alpha value is -1.58. The second-order valence-corrected chi connectivity index (χ2v) is 9.14. The Balaban J connectivity index is 0.00000116. The van der Waals surface area contributed by atoms with E-state index in [1.165, 1.54) is 77.5 Å². The Kier molecular flexibility index (Phi) is 6.93. The van der Waals surface area contributed by atoms with E-state index in [1.54, 1.807) is 5.56 Å². The van der Waals surface area contributed by atoms with E-state index in [2.05, 4.69) is 64.8 Å². The van der Waals surface area contributed by atoms with Gasteiger partial charge in [0.2, 0.25) is 0 Å². The monoisotopic (exact) mass is 454 g/mol. The van der Waals surface area contributed by atoms with Gasteiger partial charge in [0.05, 0.1) is 0 Å². The summed E-state index contributed by atoms with van der Waals surface area (Å²) in [6.45, 7) is 4.58. The van der Waals surface area contributed by atoms with Crippen molar-refractivity contribution in [3.63, 3.8) is 0 Å². The summed E-state index contributed by atoms with van der Waals surface area (Å²) in [5.41, 5.74) is 1.57. The molecule has 1 saturated carbocycles. The zero-order chi connectivity index (χ0) is 19.2. The number of nitrogens with one attached hydrogen (secondary N) is 1. The molecule has 2 fully saturated rings. The van der Waals surface area contributed by atoms with Crippen molar-refractivity contribution >= 4 is 57.1 Å². The molecule has 0 radical (unpaired) electrons. The van der Waals surface area contributed by atoms with E-state index in [0.29, 0.717) is 6.04 Å². The zero-order valence-electron chi connectivity index (χ0n) is 18.0. The molecule has 2 aliphatic rings. The van der Waals surface area contributed by atoms with Crippen molar-refractivity contribution in [2.45, 2.75) is 38.1 Å². The summed E-state index contributed by atoms with van der Waals surface area (Å²) >= 11 is 0. The molecular formula is C27H32Cl2N2. The third-order valence-electron chi connectivity index (χ3n) is 7.52. The predicted molar refractivity (Wildman–Crippen MR) is 138 cm³/mol. The Bertz CT molecular complexity index is 1110. The summed E-state index contributed by atoms with van der Waals surface area (Å²) in [6, 6.07) is 21.5. The molecule has 0 spiro atoms. The summed E-state index contributed by atoms with van der Waals surface area (Å²) < 4.78 is 0. The molecule has 31 heavy (non-hydrogen) atoms. The summed E-state index contributed by atoms with van der Waals surface area (Å²) in [7, 11) is 0. The van der Waals surface area contributed by atoms with E-state index in [9.17, 15) is 0 Å². The van der Waals surface area contributed by atoms with Crippen LogP contribution in [0.1, 0.15) is 43.7 Å². The van der Waals surface area contributed by atoms with Gasteiger partial charge in [-0.1, -0.05) is 73.9 Å². The van der Waals surface area contributed by atoms with E-state index >= 15 is 0 Å². The largest absolute Gasteiger partial charge is 0.314 e. The summed E-state index contributed by atoms with van der Waals surface area (Å²) in [4.78, 5) is 2.79. The molecular weight excluding hydrogens is 423 g/mol. The molecule has 0 unspecified atom stereocenters. The van der Waals surface area contributed by atoms with Crippen LogP contribution in [0.15, 0.2) is 54.6 Å². The van der Waals surface area contributed by atoms with Crippen molar-refractivity contribution in [3.05, 3.63) is 60.2 Å². The average Bonchev–Trinajstić information content (AvgIpc) is 2.80. The molecule has 6 rings (SSSR count). The fourth-order valence-electron chi connectivity index (χ4n) is 6.17. The Morgan fingerprint density at radius 3 is 2.03 bits per heavy atom. The number of hydrogen-bond donors (Lipinski definition) is 1. The van der Waals surface area contributed by atoms with E-state index < -0.39 is 0 Å². The number of benzene rings is 4. The van der Waals surface area contributed by atoms with Crippen molar-refractivity contribution in [3.8, 4) is 0 Å². The maximum Gasteiger partial charge on any atom is 0.0383 e. The quantitative estimate of drug-likeness (QED) is 0.336. The minimum Gasteiger partial charge on any atom is -0.314 e. The molecule has 4 aromatic rings. The lowest BCUT2D eigenvalue weighted by molar-refractivity contribution is 0.104. The highest BCUT2D eigenvalue weighted by Crippen LogP contribution is 2.44. The first kappa shape index (κ1) is 22.6. The van der Waals surface area contributed by atoms with Crippen molar-refractivity contribution in [2.75, 3.05) is 26.2 Å². The fourth-order valence-corrected chi connectivity index (χ4v) is 6.17. The normalized spacial score (nSPS) is 19.4. The van der Waals surface area contributed by atoms with Gasteiger partial charge in [-0.3, -0.25) is 4.90 Å². The Labute approximate surface area is 197 Å². The van der Waals surface area contributed by atoms with Gasteiger partial charge < -0.3 is 5.32 Å². The molecule has 2 nitrogen and oxygen atoms in total. The number of nitrogens with zero attached hydrogens (tertiary/aromatic N) is 1. The Morgan fingerprint density at radius 1 is 0.710 bits per heavy atom. The molecule has 0 amide bonds. The second-order valence-electron chi connectivity index (χ2n) is 9.14. The molecule has 1 saturated heterocycles. The van der Waals surface area contributed by atoms with Crippen LogP contribution in [0.5, 0.6) is 0 Å². The van der Waals surface area contributed by atoms with Crippen LogP contribution in [0.3, 0.4) is 0 Å². The minimum atomic E-state index is 0. The topological polar surface area (TPSA) is 15.3 Å². The number of hydrogen-bond acceptors (Lipinski definition) is 2. The molecule has 1 aliphatic carbocycles. The van der Waals surface area contributed by atoms with Crippen LogP contribution in [0, 0.1) is 5.92 Å². The summed E-state index contributed by atoms with van der Waals surface area (Å²) in [6.07, 6.45) is 6.99. The molecule has 164 valence electrons. The summed E-state index contributed by atoms with van der Waals surface area (Å²) in [5.74, 6) is 0.792. The summed E-state index contributed by atoms with van der Waals surface area (Å²) in [5, 5.41) is 12.1. The van der Waals surface area contributed by atoms with Crippen molar-refractivity contribution in [1.82, 2.24) is 10.2 Å². The van der Waals surface area contributed by atoms with Crippen molar-refractivity contribution in [2.24, 2.45) is 5.92 Å². The molecule has 1 aliphatic heterocycles. The van der Waals surface area contributed by atoms with Crippen LogP contribution in [-0.4, -0.2) is 31.1 Å². The number of rotatable bonds is 3. The minimum absolute atomic E-state index is 0. The van der Waals surface area contributed by atoms with Gasteiger partial charge in [0.1, 0.15) is 0 Å². The van der Waals surface area contributed by atoms with Crippen molar-refractivity contribution in [1.29, 1.82) is 0 Å². The van der Waals surface area contributed by atoms with Gasteiger partial charge in [-0.2, -0.15) is 0 Å². The lowest BCUT2D eigenvalue weighted by Gasteiger charge is -2.41. The van der Waals surface area contributed by atoms with Crippen LogP contribution in [0.25, 0.3) is 32.3 Å². The Morgan fingerprint density at radius 2 is 1.32 bits per heavy atom. The van der Waals surface area contributed by atoms with Gasteiger partial charge >= 0.3 is 0 Å². The van der Waals surface area contributed by atoms with Crippen molar-refractivity contribution < 1.29 is 0 Å². The number of piperazine rings is 1. The first-order valence-electron chi connectivity index (χ1n) is 11.5. The maximum atomic E-state index is 3.56. The first-order valence-corrected chi connectivity index (χ1v) is 11.5. The van der Waals surface area contributed by atoms with Crippen LogP contribution < -0.4 is 5.32 Å². The molecule has 4 heteroatoms. The fraction of sp³-hybridized carbons (Fsp3) is 0.407. The molecule has 0 aromatic heterocycles. The second kappa shape index (κ2) is 9.50. The van der Waals surface area contributed by atoms with Crippen LogP contribution in [0.2, 0.25) is 0 Å². The van der Waals surface area contributed by atoms with Gasteiger partial charge in [-0.05, 0) is 56.6 Å². The maximum absolute atomic E-state index is 3.56. The van der Waals surface area contributed by atoms with Gasteiger partial charge in [-0.15, -0.1) is 24.8 Å². The lowest BCUT2D eigenvalue weighted by atomic mass is 9.78. The molecule has 1 N–H and O–H groups in total. The lowest BCUT2D eigenvalue weighted by Crippen LogP contribution is -2.47. The highest BCUT2D eigenvalue weighted by atomic mass is 35.5. The highest BCUT2D eigenvalue weighted by molar-refractivity contribution is 6.23. The van der Waals surface area contributed by atoms with Crippen LogP contribution >= 0.6 is 24.8 Å². The van der Waals surface area contributed by atoms with E-state index in [0.717, 1.165) is 19.0 Å². The molecule has 1 heterocycles.